The number of morpholine rings is 1. The van der Waals surface area contributed by atoms with Gasteiger partial charge in [0.25, 0.3) is 5.91 Å². The molecule has 2 amide bonds. The van der Waals surface area contributed by atoms with E-state index >= 15 is 0 Å². The van der Waals surface area contributed by atoms with Gasteiger partial charge in [-0.05, 0) is 23.8 Å². The highest BCUT2D eigenvalue weighted by Gasteiger charge is 2.30. The summed E-state index contributed by atoms with van der Waals surface area (Å²) in [4.78, 5) is 30.4. The van der Waals surface area contributed by atoms with Crippen LogP contribution in [-0.2, 0) is 16.0 Å². The van der Waals surface area contributed by atoms with E-state index in [4.69, 9.17) is 4.74 Å². The van der Waals surface area contributed by atoms with Crippen molar-refractivity contribution >= 4 is 17.6 Å². The summed E-state index contributed by atoms with van der Waals surface area (Å²) in [5, 5.41) is 12.3. The van der Waals surface area contributed by atoms with Crippen molar-refractivity contribution in [1.82, 2.24) is 9.88 Å². The highest BCUT2D eigenvalue weighted by atomic mass is 16.5. The zero-order chi connectivity index (χ0) is 17.4. The van der Waals surface area contributed by atoms with E-state index in [-0.39, 0.29) is 30.1 Å². The van der Waals surface area contributed by atoms with Crippen LogP contribution in [-0.4, -0.2) is 46.5 Å². The number of carbonyl (C=O) groups is 2. The number of hydrogen-bond donors (Lipinski definition) is 2. The number of aromatic nitrogens is 1. The Kier molecular flexibility index (Phi) is 3.85. The standard InChI is InChI=1S/C18H17N3O4/c22-12-3-1-2-11(8-12)15-10-21(6-7-25-15)18(24)13-4-5-19-17-14(13)9-16(23)20-17/h1-5,8,15,22H,6-7,9-10H2,(H,19,20,23). The summed E-state index contributed by atoms with van der Waals surface area (Å²) in [6.07, 6.45) is 1.41. The Morgan fingerprint density at radius 1 is 1.36 bits per heavy atom. The highest BCUT2D eigenvalue weighted by molar-refractivity contribution is 6.04. The number of phenols is 1. The highest BCUT2D eigenvalue weighted by Crippen LogP contribution is 2.28. The van der Waals surface area contributed by atoms with Crippen molar-refractivity contribution in [3.63, 3.8) is 0 Å². The first kappa shape index (κ1) is 15.6. The van der Waals surface area contributed by atoms with E-state index in [1.165, 1.54) is 6.20 Å². The van der Waals surface area contributed by atoms with Crippen LogP contribution in [0.4, 0.5) is 5.82 Å². The molecule has 1 fully saturated rings. The maximum atomic E-state index is 13.0. The van der Waals surface area contributed by atoms with Gasteiger partial charge in [-0.2, -0.15) is 0 Å². The number of anilines is 1. The van der Waals surface area contributed by atoms with E-state index in [1.54, 1.807) is 29.2 Å². The molecule has 4 rings (SSSR count). The van der Waals surface area contributed by atoms with Gasteiger partial charge in [0, 0.05) is 23.9 Å². The zero-order valence-electron chi connectivity index (χ0n) is 13.4. The Balaban J connectivity index is 1.57. The Bertz CT molecular complexity index is 852. The summed E-state index contributed by atoms with van der Waals surface area (Å²) >= 11 is 0. The lowest BCUT2D eigenvalue weighted by molar-refractivity contribution is -0.115. The molecule has 1 unspecified atom stereocenters. The van der Waals surface area contributed by atoms with E-state index < -0.39 is 0 Å². The van der Waals surface area contributed by atoms with E-state index in [1.807, 2.05) is 6.07 Å². The number of benzene rings is 1. The smallest absolute Gasteiger partial charge is 0.254 e. The normalized spacial score (nSPS) is 19.4. The van der Waals surface area contributed by atoms with Gasteiger partial charge in [-0.15, -0.1) is 0 Å². The van der Waals surface area contributed by atoms with Crippen molar-refractivity contribution in [3.05, 3.63) is 53.2 Å². The van der Waals surface area contributed by atoms with Gasteiger partial charge < -0.3 is 20.1 Å². The topological polar surface area (TPSA) is 91.8 Å². The molecule has 2 aliphatic rings. The molecule has 2 N–H and O–H groups in total. The average molecular weight is 339 g/mol. The molecule has 1 aromatic carbocycles. The average Bonchev–Trinajstić information content (AvgIpc) is 3.01. The number of hydrogen-bond acceptors (Lipinski definition) is 5. The van der Waals surface area contributed by atoms with Crippen molar-refractivity contribution in [3.8, 4) is 5.75 Å². The molecule has 1 aromatic heterocycles. The molecule has 25 heavy (non-hydrogen) atoms. The molecule has 0 bridgehead atoms. The number of phenolic OH excluding ortho intramolecular Hbond substituents is 1. The van der Waals surface area contributed by atoms with Gasteiger partial charge in [-0.3, -0.25) is 9.59 Å². The van der Waals surface area contributed by atoms with E-state index in [9.17, 15) is 14.7 Å². The Morgan fingerprint density at radius 2 is 2.24 bits per heavy atom. The molecule has 0 saturated carbocycles. The summed E-state index contributed by atoms with van der Waals surface area (Å²) in [5.74, 6) is 0.348. The van der Waals surface area contributed by atoms with Crippen LogP contribution in [0.1, 0.15) is 27.6 Å². The van der Waals surface area contributed by atoms with E-state index in [2.05, 4.69) is 10.3 Å². The number of amides is 2. The van der Waals surface area contributed by atoms with Gasteiger partial charge in [0.1, 0.15) is 17.7 Å². The molecule has 0 aliphatic carbocycles. The maximum Gasteiger partial charge on any atom is 0.254 e. The Hall–Kier alpha value is -2.93. The number of pyridine rings is 1. The monoisotopic (exact) mass is 339 g/mol. The first-order chi connectivity index (χ1) is 12.1. The van der Waals surface area contributed by atoms with E-state index in [0.717, 1.165) is 5.56 Å². The van der Waals surface area contributed by atoms with Gasteiger partial charge in [0.05, 0.1) is 19.6 Å². The lowest BCUT2D eigenvalue weighted by atomic mass is 10.0. The zero-order valence-corrected chi connectivity index (χ0v) is 13.4. The molecule has 2 aromatic rings. The van der Waals surface area contributed by atoms with Gasteiger partial charge in [-0.25, -0.2) is 4.98 Å². The van der Waals surface area contributed by atoms with Crippen LogP contribution < -0.4 is 5.32 Å². The van der Waals surface area contributed by atoms with Crippen molar-refractivity contribution in [2.45, 2.75) is 12.5 Å². The number of ether oxygens (including phenoxy) is 1. The second-order valence-corrected chi connectivity index (χ2v) is 6.12. The summed E-state index contributed by atoms with van der Waals surface area (Å²) in [6.45, 7) is 1.28. The van der Waals surface area contributed by atoms with Crippen LogP contribution in [0.3, 0.4) is 0 Å². The molecule has 7 heteroatoms. The van der Waals surface area contributed by atoms with Gasteiger partial charge in [0.15, 0.2) is 0 Å². The third-order valence-electron chi connectivity index (χ3n) is 4.48. The molecule has 128 valence electrons. The van der Waals surface area contributed by atoms with Crippen LogP contribution in [0.25, 0.3) is 0 Å². The van der Waals surface area contributed by atoms with E-state index in [0.29, 0.717) is 36.6 Å². The lowest BCUT2D eigenvalue weighted by Crippen LogP contribution is -2.42. The second kappa shape index (κ2) is 6.18. The first-order valence-electron chi connectivity index (χ1n) is 8.09. The molecule has 0 spiro atoms. The molecular weight excluding hydrogens is 322 g/mol. The molecule has 0 radical (unpaired) electrons. The predicted octanol–water partition coefficient (Wildman–Crippen LogP) is 1.50. The largest absolute Gasteiger partial charge is 0.508 e. The lowest BCUT2D eigenvalue weighted by Gasteiger charge is -2.33. The molecule has 1 atom stereocenters. The fraction of sp³-hybridized carbons (Fsp3) is 0.278. The Morgan fingerprint density at radius 3 is 3.08 bits per heavy atom. The van der Waals surface area contributed by atoms with Crippen LogP contribution in [0.5, 0.6) is 5.75 Å². The molecular formula is C18H17N3O4. The minimum absolute atomic E-state index is 0.136. The van der Waals surface area contributed by atoms with Crippen molar-refractivity contribution in [2.75, 3.05) is 25.0 Å². The van der Waals surface area contributed by atoms with Crippen LogP contribution in [0.15, 0.2) is 36.5 Å². The summed E-state index contributed by atoms with van der Waals surface area (Å²) in [5.41, 5.74) is 1.98. The van der Waals surface area contributed by atoms with Gasteiger partial charge >= 0.3 is 0 Å². The molecule has 3 heterocycles. The quantitative estimate of drug-likeness (QED) is 0.865. The van der Waals surface area contributed by atoms with Gasteiger partial charge in [0.2, 0.25) is 5.91 Å². The van der Waals surface area contributed by atoms with Crippen LogP contribution >= 0.6 is 0 Å². The fourth-order valence-electron chi connectivity index (χ4n) is 3.25. The minimum Gasteiger partial charge on any atom is -0.508 e. The second-order valence-electron chi connectivity index (χ2n) is 6.12. The van der Waals surface area contributed by atoms with Gasteiger partial charge in [-0.1, -0.05) is 12.1 Å². The number of nitrogens with one attached hydrogen (secondary N) is 1. The maximum absolute atomic E-state index is 13.0. The number of nitrogens with zero attached hydrogens (tertiary/aromatic N) is 2. The van der Waals surface area contributed by atoms with Crippen molar-refractivity contribution in [1.29, 1.82) is 0 Å². The number of carbonyl (C=O) groups excluding carboxylic acids is 2. The summed E-state index contributed by atoms with van der Waals surface area (Å²) in [7, 11) is 0. The van der Waals surface area contributed by atoms with Crippen molar-refractivity contribution < 1.29 is 19.4 Å². The number of aromatic hydroxyl groups is 1. The predicted molar refractivity (Wildman–Crippen MR) is 89.3 cm³/mol. The summed E-state index contributed by atoms with van der Waals surface area (Å²) in [6, 6.07) is 8.51. The first-order valence-corrected chi connectivity index (χ1v) is 8.09. The number of fused-ring (bicyclic) bond motifs is 1. The third-order valence-corrected chi connectivity index (χ3v) is 4.48. The Labute approximate surface area is 144 Å². The van der Waals surface area contributed by atoms with Crippen LogP contribution in [0.2, 0.25) is 0 Å². The molecule has 2 aliphatic heterocycles. The van der Waals surface area contributed by atoms with Crippen molar-refractivity contribution in [2.24, 2.45) is 0 Å². The molecule has 1 saturated heterocycles. The number of rotatable bonds is 2. The fourth-order valence-corrected chi connectivity index (χ4v) is 3.25. The molecule has 7 nitrogen and oxygen atoms in total. The summed E-state index contributed by atoms with van der Waals surface area (Å²) < 4.78 is 5.76. The third kappa shape index (κ3) is 2.94. The SMILES string of the molecule is O=C1Cc2c(C(=O)N3CCOC(c4cccc(O)c4)C3)ccnc2N1. The minimum atomic E-state index is -0.292. The van der Waals surface area contributed by atoms with Crippen LogP contribution in [0, 0.1) is 0 Å².